The van der Waals surface area contributed by atoms with Crippen molar-refractivity contribution in [3.63, 3.8) is 0 Å². The van der Waals surface area contributed by atoms with Crippen LogP contribution in [-0.4, -0.2) is 40.5 Å². The van der Waals surface area contributed by atoms with E-state index in [9.17, 15) is 9.59 Å². The van der Waals surface area contributed by atoms with E-state index in [0.717, 1.165) is 11.1 Å². The van der Waals surface area contributed by atoms with Gasteiger partial charge in [0.25, 0.3) is 5.91 Å². The monoisotopic (exact) mass is 404 g/mol. The van der Waals surface area contributed by atoms with Crippen molar-refractivity contribution in [2.75, 3.05) is 6.61 Å². The number of rotatable bonds is 6. The van der Waals surface area contributed by atoms with Crippen molar-refractivity contribution >= 4 is 22.8 Å². The molecule has 0 saturated heterocycles. The molecule has 5 nitrogen and oxygen atoms in total. The largest absolute Gasteiger partial charge is 0.452 e. The van der Waals surface area contributed by atoms with Gasteiger partial charge in [-0.1, -0.05) is 48.0 Å². The zero-order chi connectivity index (χ0) is 21.8. The highest BCUT2D eigenvalue weighted by atomic mass is 16.5. The number of aromatic nitrogens is 1. The fourth-order valence-electron chi connectivity index (χ4n) is 3.67. The van der Waals surface area contributed by atoms with Crippen LogP contribution in [0, 0.1) is 6.92 Å². The van der Waals surface area contributed by atoms with Crippen molar-refractivity contribution in [3.8, 4) is 11.3 Å². The predicted molar refractivity (Wildman–Crippen MR) is 119 cm³/mol. The third kappa shape index (κ3) is 4.67. The molecule has 0 atom stereocenters. The summed E-state index contributed by atoms with van der Waals surface area (Å²) in [6, 6.07) is 17.2. The maximum Gasteiger partial charge on any atom is 0.339 e. The fourth-order valence-corrected chi connectivity index (χ4v) is 3.67. The molecule has 1 amide bonds. The van der Waals surface area contributed by atoms with Gasteiger partial charge in [-0.3, -0.25) is 4.79 Å². The lowest BCUT2D eigenvalue weighted by Gasteiger charge is -2.30. The summed E-state index contributed by atoms with van der Waals surface area (Å²) < 4.78 is 5.43. The average Bonchev–Trinajstić information content (AvgIpc) is 2.71. The number of carbonyl (C=O) groups excluding carboxylic acids is 2. The lowest BCUT2D eigenvalue weighted by molar-refractivity contribution is -0.138. The molecule has 0 fully saturated rings. The molecule has 0 N–H and O–H groups in total. The summed E-state index contributed by atoms with van der Waals surface area (Å²) in [5.41, 5.74) is 3.88. The molecule has 0 radical (unpaired) electrons. The van der Waals surface area contributed by atoms with Gasteiger partial charge >= 0.3 is 5.97 Å². The highest BCUT2D eigenvalue weighted by molar-refractivity contribution is 6.05. The number of ether oxygens (including phenoxy) is 1. The van der Waals surface area contributed by atoms with Gasteiger partial charge in [-0.05, 0) is 46.8 Å². The lowest BCUT2D eigenvalue weighted by Crippen LogP contribution is -2.44. The minimum absolute atomic E-state index is 0.0334. The Bertz CT molecular complexity index is 1050. The van der Waals surface area contributed by atoms with Crippen LogP contribution in [-0.2, 0) is 9.53 Å². The van der Waals surface area contributed by atoms with Crippen LogP contribution in [0.5, 0.6) is 0 Å². The number of amides is 1. The molecule has 5 heteroatoms. The molecule has 0 aliphatic heterocycles. The molecule has 2 aromatic carbocycles. The Morgan fingerprint density at radius 1 is 0.967 bits per heavy atom. The van der Waals surface area contributed by atoms with Gasteiger partial charge in [-0.2, -0.15) is 0 Å². The van der Waals surface area contributed by atoms with Crippen LogP contribution < -0.4 is 0 Å². The number of para-hydroxylation sites is 1. The van der Waals surface area contributed by atoms with E-state index >= 15 is 0 Å². The van der Waals surface area contributed by atoms with Crippen LogP contribution in [0.2, 0.25) is 0 Å². The first kappa shape index (κ1) is 21.5. The van der Waals surface area contributed by atoms with Crippen LogP contribution >= 0.6 is 0 Å². The van der Waals surface area contributed by atoms with Crippen molar-refractivity contribution in [1.82, 2.24) is 9.88 Å². The van der Waals surface area contributed by atoms with Crippen molar-refractivity contribution in [2.45, 2.75) is 46.7 Å². The molecule has 0 aliphatic carbocycles. The van der Waals surface area contributed by atoms with E-state index in [0.29, 0.717) is 22.2 Å². The van der Waals surface area contributed by atoms with Gasteiger partial charge in [0, 0.05) is 23.0 Å². The second-order valence-electron chi connectivity index (χ2n) is 8.00. The molecule has 0 bridgehead atoms. The quantitative estimate of drug-likeness (QED) is 0.542. The van der Waals surface area contributed by atoms with Crippen LogP contribution in [0.25, 0.3) is 22.2 Å². The van der Waals surface area contributed by atoms with Crippen LogP contribution in [0.3, 0.4) is 0 Å². The van der Waals surface area contributed by atoms with Gasteiger partial charge in [-0.15, -0.1) is 0 Å². The second-order valence-corrected chi connectivity index (χ2v) is 8.00. The van der Waals surface area contributed by atoms with Crippen molar-refractivity contribution in [3.05, 3.63) is 65.7 Å². The van der Waals surface area contributed by atoms with Gasteiger partial charge < -0.3 is 9.64 Å². The smallest absolute Gasteiger partial charge is 0.339 e. The predicted octanol–water partition coefficient (Wildman–Crippen LogP) is 5.01. The molecule has 3 aromatic rings. The Labute approximate surface area is 177 Å². The molecule has 3 rings (SSSR count). The Hall–Kier alpha value is -3.21. The number of hydrogen-bond donors (Lipinski definition) is 0. The molecule has 1 heterocycles. The molecular formula is C25H28N2O3. The third-order valence-electron chi connectivity index (χ3n) is 5.01. The Morgan fingerprint density at radius 3 is 2.23 bits per heavy atom. The number of aryl methyl sites for hydroxylation is 1. The van der Waals surface area contributed by atoms with E-state index in [1.807, 2.05) is 83.1 Å². The Balaban J connectivity index is 1.91. The SMILES string of the molecule is Cc1ccc(-c2cc(C(=O)OCC(=O)N(C(C)C)C(C)C)c3ccccc3n2)cc1. The van der Waals surface area contributed by atoms with Gasteiger partial charge in [-0.25, -0.2) is 9.78 Å². The number of benzene rings is 2. The van der Waals surface area contributed by atoms with E-state index in [-0.39, 0.29) is 24.6 Å². The summed E-state index contributed by atoms with van der Waals surface area (Å²) in [6.07, 6.45) is 0. The van der Waals surface area contributed by atoms with Gasteiger partial charge in [0.15, 0.2) is 6.61 Å². The highest BCUT2D eigenvalue weighted by Gasteiger charge is 2.22. The van der Waals surface area contributed by atoms with E-state index in [1.165, 1.54) is 0 Å². The number of carbonyl (C=O) groups is 2. The van der Waals surface area contributed by atoms with E-state index in [4.69, 9.17) is 9.72 Å². The van der Waals surface area contributed by atoms with E-state index < -0.39 is 5.97 Å². The minimum atomic E-state index is -0.525. The number of nitrogens with zero attached hydrogens (tertiary/aromatic N) is 2. The van der Waals surface area contributed by atoms with Crippen LogP contribution in [0.4, 0.5) is 0 Å². The molecule has 1 aromatic heterocycles. The summed E-state index contributed by atoms with van der Waals surface area (Å²) in [6.45, 7) is 9.53. The Kier molecular flexibility index (Phi) is 6.50. The van der Waals surface area contributed by atoms with Gasteiger partial charge in [0.1, 0.15) is 0 Å². The molecule has 0 unspecified atom stereocenters. The normalized spacial score (nSPS) is 11.2. The minimum Gasteiger partial charge on any atom is -0.452 e. The molecule has 156 valence electrons. The molecule has 30 heavy (non-hydrogen) atoms. The molecular weight excluding hydrogens is 376 g/mol. The lowest BCUT2D eigenvalue weighted by atomic mass is 10.0. The van der Waals surface area contributed by atoms with Crippen molar-refractivity contribution in [2.24, 2.45) is 0 Å². The first-order valence-electron chi connectivity index (χ1n) is 10.2. The number of fused-ring (bicyclic) bond motifs is 1. The topological polar surface area (TPSA) is 59.5 Å². The molecule has 0 aliphatic rings. The number of esters is 1. The van der Waals surface area contributed by atoms with Gasteiger partial charge in [0.2, 0.25) is 0 Å². The van der Waals surface area contributed by atoms with Crippen LogP contribution in [0.15, 0.2) is 54.6 Å². The number of hydrogen-bond acceptors (Lipinski definition) is 4. The first-order chi connectivity index (χ1) is 14.3. The summed E-state index contributed by atoms with van der Waals surface area (Å²) in [5, 5.41) is 0.704. The third-order valence-corrected chi connectivity index (χ3v) is 5.01. The second kappa shape index (κ2) is 9.08. The van der Waals surface area contributed by atoms with E-state index in [2.05, 4.69) is 0 Å². The molecule has 0 spiro atoms. The summed E-state index contributed by atoms with van der Waals surface area (Å²) >= 11 is 0. The van der Waals surface area contributed by atoms with E-state index in [1.54, 1.807) is 11.0 Å². The van der Waals surface area contributed by atoms with Gasteiger partial charge in [0.05, 0.1) is 16.8 Å². The average molecular weight is 405 g/mol. The molecule has 0 saturated carbocycles. The van der Waals surface area contributed by atoms with Crippen molar-refractivity contribution in [1.29, 1.82) is 0 Å². The maximum atomic E-state index is 12.9. The van der Waals surface area contributed by atoms with Crippen molar-refractivity contribution < 1.29 is 14.3 Å². The highest BCUT2D eigenvalue weighted by Crippen LogP contribution is 2.25. The summed E-state index contributed by atoms with van der Waals surface area (Å²) in [5.74, 6) is -0.728. The number of pyridine rings is 1. The standard InChI is InChI=1S/C25H28N2O3/c1-16(2)27(17(3)4)24(28)15-30-25(29)21-14-23(19-12-10-18(5)11-13-19)26-22-9-7-6-8-20(21)22/h6-14,16-17H,15H2,1-5H3. The zero-order valence-electron chi connectivity index (χ0n) is 18.2. The maximum absolute atomic E-state index is 12.9. The summed E-state index contributed by atoms with van der Waals surface area (Å²) in [7, 11) is 0. The zero-order valence-corrected chi connectivity index (χ0v) is 18.2. The summed E-state index contributed by atoms with van der Waals surface area (Å²) in [4.78, 5) is 31.9. The first-order valence-corrected chi connectivity index (χ1v) is 10.2. The fraction of sp³-hybridized carbons (Fsp3) is 0.320. The van der Waals surface area contributed by atoms with Crippen LogP contribution in [0.1, 0.15) is 43.6 Å². The Morgan fingerprint density at radius 2 is 1.60 bits per heavy atom.